The monoisotopic (exact) mass is 249 g/mol. The van der Waals surface area contributed by atoms with E-state index in [1.165, 1.54) is 6.07 Å². The lowest BCUT2D eigenvalue weighted by atomic mass is 10.2. The van der Waals surface area contributed by atoms with E-state index in [-0.39, 0.29) is 11.4 Å². The van der Waals surface area contributed by atoms with E-state index in [1.54, 1.807) is 18.2 Å². The van der Waals surface area contributed by atoms with E-state index in [0.717, 1.165) is 6.26 Å². The summed E-state index contributed by atoms with van der Waals surface area (Å²) in [4.78, 5) is 2.82. The Labute approximate surface area is 100 Å². The fraction of sp³-hybridized carbons (Fsp3) is 0.273. The zero-order chi connectivity index (χ0) is 12.7. The van der Waals surface area contributed by atoms with E-state index >= 15 is 0 Å². The first-order valence-corrected chi connectivity index (χ1v) is 6.73. The van der Waals surface area contributed by atoms with E-state index in [0.29, 0.717) is 12.0 Å². The molecule has 0 aliphatic carbocycles. The Morgan fingerprint density at radius 1 is 1.41 bits per heavy atom. The molecule has 0 spiro atoms. The third-order valence-electron chi connectivity index (χ3n) is 1.91. The molecule has 1 aromatic rings. The van der Waals surface area contributed by atoms with Gasteiger partial charge in [0, 0.05) is 29.7 Å². The molecule has 0 aliphatic rings. The minimum atomic E-state index is -3.27. The molecule has 0 bridgehead atoms. The summed E-state index contributed by atoms with van der Waals surface area (Å²) in [7, 11) is -3.27. The Balaban J connectivity index is 2.95. The van der Waals surface area contributed by atoms with Gasteiger partial charge in [0.25, 0.3) is 0 Å². The molecule has 0 heterocycles. The van der Waals surface area contributed by atoms with Crippen molar-refractivity contribution in [1.29, 1.82) is 0 Å². The van der Waals surface area contributed by atoms with Crippen LogP contribution in [0.3, 0.4) is 0 Å². The maximum atomic E-state index is 11.5. The molecule has 1 aromatic carbocycles. The number of nitrogens with zero attached hydrogens (tertiary/aromatic N) is 3. The van der Waals surface area contributed by atoms with Gasteiger partial charge >= 0.3 is 0 Å². The van der Waals surface area contributed by atoms with Crippen LogP contribution < -0.4 is 0 Å². The van der Waals surface area contributed by atoms with Crippen molar-refractivity contribution in [3.05, 3.63) is 40.3 Å². The smallest absolute Gasteiger partial charge is 0.176 e. The maximum absolute atomic E-state index is 11.5. The van der Waals surface area contributed by atoms with E-state index in [4.69, 9.17) is 5.53 Å². The average molecular weight is 249 g/mol. The van der Waals surface area contributed by atoms with Gasteiger partial charge < -0.3 is 0 Å². The summed E-state index contributed by atoms with van der Waals surface area (Å²) >= 11 is 0. The molecule has 0 N–H and O–H groups in total. The molecule has 0 radical (unpaired) electrons. The predicted octanol–water partition coefficient (Wildman–Crippen LogP) is 2.14. The van der Waals surface area contributed by atoms with E-state index in [9.17, 15) is 8.42 Å². The molecule has 0 amide bonds. The summed E-state index contributed by atoms with van der Waals surface area (Å²) in [5.74, 6) is 5.54. The Morgan fingerprint density at radius 3 is 2.76 bits per heavy atom. The summed E-state index contributed by atoms with van der Waals surface area (Å²) in [6, 6.07) is 6.55. The van der Waals surface area contributed by atoms with E-state index in [2.05, 4.69) is 21.9 Å². The topological polar surface area (TPSA) is 82.9 Å². The average Bonchev–Trinajstić information content (AvgIpc) is 2.28. The molecule has 0 unspecified atom stereocenters. The summed E-state index contributed by atoms with van der Waals surface area (Å²) < 4.78 is 22.9. The van der Waals surface area contributed by atoms with Crippen LogP contribution in [0.2, 0.25) is 0 Å². The second-order valence-electron chi connectivity index (χ2n) is 3.27. The van der Waals surface area contributed by atoms with Gasteiger partial charge in [-0.15, -0.1) is 0 Å². The first-order valence-electron chi connectivity index (χ1n) is 4.84. The van der Waals surface area contributed by atoms with Crippen LogP contribution in [0.1, 0.15) is 12.0 Å². The van der Waals surface area contributed by atoms with Gasteiger partial charge in [-0.25, -0.2) is 8.42 Å². The number of benzene rings is 1. The highest BCUT2D eigenvalue weighted by Crippen LogP contribution is 2.13. The second-order valence-corrected chi connectivity index (χ2v) is 5.26. The van der Waals surface area contributed by atoms with Crippen molar-refractivity contribution in [3.8, 4) is 11.8 Å². The Hall–Kier alpha value is -1.96. The van der Waals surface area contributed by atoms with Crippen LogP contribution in [-0.2, 0) is 9.84 Å². The summed E-state index contributed by atoms with van der Waals surface area (Å²) in [6.07, 6.45) is 1.55. The molecule has 0 aromatic heterocycles. The molecule has 0 atom stereocenters. The minimum absolute atomic E-state index is 0.219. The minimum Gasteiger partial charge on any atom is -0.224 e. The van der Waals surface area contributed by atoms with Crippen molar-refractivity contribution in [2.45, 2.75) is 11.3 Å². The SMILES string of the molecule is CS(=O)(=O)c1ccccc1C#CCCN=[N+]=[N-]. The number of azide groups is 1. The number of rotatable bonds is 3. The van der Waals surface area contributed by atoms with Gasteiger partial charge in [-0.2, -0.15) is 0 Å². The van der Waals surface area contributed by atoms with Crippen LogP contribution in [0.5, 0.6) is 0 Å². The number of hydrogen-bond acceptors (Lipinski definition) is 3. The number of sulfone groups is 1. The number of hydrogen-bond donors (Lipinski definition) is 0. The summed E-state index contributed by atoms with van der Waals surface area (Å²) in [5.41, 5.74) is 8.53. The highest BCUT2D eigenvalue weighted by Gasteiger charge is 2.10. The summed E-state index contributed by atoms with van der Waals surface area (Å²) in [5, 5.41) is 3.33. The Kier molecular flexibility index (Phi) is 4.58. The fourth-order valence-electron chi connectivity index (χ4n) is 1.20. The van der Waals surface area contributed by atoms with Crippen LogP contribution in [0.25, 0.3) is 10.4 Å². The molecule has 17 heavy (non-hydrogen) atoms. The maximum Gasteiger partial charge on any atom is 0.176 e. The van der Waals surface area contributed by atoms with Gasteiger partial charge in [0.15, 0.2) is 9.84 Å². The first-order chi connectivity index (χ1) is 8.05. The van der Waals surface area contributed by atoms with Crippen molar-refractivity contribution in [2.24, 2.45) is 5.11 Å². The molecule has 5 nitrogen and oxygen atoms in total. The second kappa shape index (κ2) is 5.94. The van der Waals surface area contributed by atoms with Crippen molar-refractivity contribution in [3.63, 3.8) is 0 Å². The fourth-order valence-corrected chi connectivity index (χ4v) is 2.05. The molecule has 0 aliphatic heterocycles. The van der Waals surface area contributed by atoms with Crippen molar-refractivity contribution in [2.75, 3.05) is 12.8 Å². The molecule has 0 saturated carbocycles. The zero-order valence-electron chi connectivity index (χ0n) is 9.29. The lowest BCUT2D eigenvalue weighted by molar-refractivity contribution is 0.601. The third kappa shape index (κ3) is 4.19. The lowest BCUT2D eigenvalue weighted by Gasteiger charge is -2.00. The van der Waals surface area contributed by atoms with Gasteiger partial charge in [0.2, 0.25) is 0 Å². The van der Waals surface area contributed by atoms with Gasteiger partial charge in [-0.05, 0) is 17.7 Å². The van der Waals surface area contributed by atoms with Crippen LogP contribution in [0.4, 0.5) is 0 Å². The normalized spacial score (nSPS) is 9.94. The van der Waals surface area contributed by atoms with Crippen LogP contribution in [0.15, 0.2) is 34.3 Å². The predicted molar refractivity (Wildman–Crippen MR) is 65.1 cm³/mol. The van der Waals surface area contributed by atoms with Crippen LogP contribution in [-0.4, -0.2) is 21.2 Å². The highest BCUT2D eigenvalue weighted by molar-refractivity contribution is 7.90. The van der Waals surface area contributed by atoms with Crippen LogP contribution in [0, 0.1) is 11.8 Å². The molecule has 1 rings (SSSR count). The molecular weight excluding hydrogens is 238 g/mol. The Morgan fingerprint density at radius 2 is 2.12 bits per heavy atom. The lowest BCUT2D eigenvalue weighted by Crippen LogP contribution is -1.99. The van der Waals surface area contributed by atoms with Crippen molar-refractivity contribution >= 4 is 9.84 Å². The third-order valence-corrected chi connectivity index (χ3v) is 3.06. The molecular formula is C11H11N3O2S. The van der Waals surface area contributed by atoms with Gasteiger partial charge in [-0.3, -0.25) is 0 Å². The van der Waals surface area contributed by atoms with Crippen molar-refractivity contribution < 1.29 is 8.42 Å². The Bertz CT molecular complexity index is 605. The van der Waals surface area contributed by atoms with Gasteiger partial charge in [-0.1, -0.05) is 29.1 Å². The van der Waals surface area contributed by atoms with Crippen LogP contribution >= 0.6 is 0 Å². The quantitative estimate of drug-likeness (QED) is 0.270. The van der Waals surface area contributed by atoms with Gasteiger partial charge in [0.05, 0.1) is 4.90 Å². The van der Waals surface area contributed by atoms with E-state index in [1.807, 2.05) is 0 Å². The van der Waals surface area contributed by atoms with Crippen molar-refractivity contribution in [1.82, 2.24) is 0 Å². The first kappa shape index (κ1) is 13.1. The molecule has 88 valence electrons. The van der Waals surface area contributed by atoms with Gasteiger partial charge in [0.1, 0.15) is 0 Å². The molecule has 0 saturated heterocycles. The largest absolute Gasteiger partial charge is 0.224 e. The molecule has 0 fully saturated rings. The zero-order valence-corrected chi connectivity index (χ0v) is 10.1. The highest BCUT2D eigenvalue weighted by atomic mass is 32.2. The standard InChI is InChI=1S/C11H11N3O2S/c1-17(15,16)11-8-3-2-6-10(11)7-4-5-9-13-14-12/h2-3,6,8H,5,9H2,1H3. The summed E-state index contributed by atoms with van der Waals surface area (Å²) in [6.45, 7) is 0.282. The van der Waals surface area contributed by atoms with E-state index < -0.39 is 9.84 Å². The molecule has 6 heteroatoms.